The zero-order chi connectivity index (χ0) is 6.85. The predicted molar refractivity (Wildman–Crippen MR) is 34.3 cm³/mol. The second kappa shape index (κ2) is 1.97. The normalized spacial score (nSPS) is 9.56. The van der Waals surface area contributed by atoms with Crippen molar-refractivity contribution >= 4 is 5.82 Å². The fourth-order valence-electron chi connectivity index (χ4n) is 0.593. The summed E-state index contributed by atoms with van der Waals surface area (Å²) in [4.78, 5) is 0. The Hall–Kier alpha value is -1.19. The average molecular weight is 127 g/mol. The minimum absolute atomic E-state index is 0.562. The van der Waals surface area contributed by atoms with Crippen LogP contribution in [-0.2, 0) is 0 Å². The van der Waals surface area contributed by atoms with Gasteiger partial charge in [-0.05, 0) is 6.92 Å². The van der Waals surface area contributed by atoms with Crippen LogP contribution in [0.1, 0.15) is 5.56 Å². The lowest BCUT2D eigenvalue weighted by atomic mass is 10.4. The number of aromatic nitrogens is 2. The Morgan fingerprint density at radius 2 is 2.33 bits per heavy atom. The number of hydrogen-bond acceptors (Lipinski definition) is 3. The molecule has 0 atom stereocenters. The molecule has 1 aromatic rings. The van der Waals surface area contributed by atoms with Gasteiger partial charge in [-0.2, -0.15) is 0 Å². The molecular weight excluding hydrogens is 118 g/mol. The van der Waals surface area contributed by atoms with Crippen LogP contribution in [0.3, 0.4) is 0 Å². The Labute approximate surface area is 53.0 Å². The molecule has 0 bridgehead atoms. The van der Waals surface area contributed by atoms with Crippen LogP contribution >= 0.6 is 0 Å². The van der Waals surface area contributed by atoms with Gasteiger partial charge in [-0.3, -0.25) is 5.10 Å². The molecule has 0 aromatic carbocycles. The van der Waals surface area contributed by atoms with E-state index >= 15 is 0 Å². The van der Waals surface area contributed by atoms with Gasteiger partial charge in [0.1, 0.15) is 5.82 Å². The summed E-state index contributed by atoms with van der Waals surface area (Å²) < 4.78 is 4.84. The lowest BCUT2D eigenvalue weighted by molar-refractivity contribution is 0.394. The number of hydrogen-bond donors (Lipinski definition) is 2. The van der Waals surface area contributed by atoms with Crippen molar-refractivity contribution in [2.75, 3.05) is 12.8 Å². The van der Waals surface area contributed by atoms with Crippen molar-refractivity contribution in [2.24, 2.45) is 0 Å². The van der Waals surface area contributed by atoms with Crippen molar-refractivity contribution in [1.82, 2.24) is 10.2 Å². The SMILES string of the molecule is COc1n[nH]c(N)c1C. The molecule has 1 rings (SSSR count). The molecule has 0 aliphatic rings. The van der Waals surface area contributed by atoms with Crippen LogP contribution in [0.15, 0.2) is 0 Å². The fraction of sp³-hybridized carbons (Fsp3) is 0.400. The number of nitrogens with two attached hydrogens (primary N) is 1. The van der Waals surface area contributed by atoms with Crippen LogP contribution in [0.25, 0.3) is 0 Å². The fourth-order valence-corrected chi connectivity index (χ4v) is 0.593. The molecule has 0 aliphatic heterocycles. The molecule has 0 saturated carbocycles. The van der Waals surface area contributed by atoms with E-state index in [1.165, 1.54) is 0 Å². The van der Waals surface area contributed by atoms with Gasteiger partial charge in [-0.25, -0.2) is 0 Å². The number of H-pyrrole nitrogens is 1. The van der Waals surface area contributed by atoms with E-state index in [0.717, 1.165) is 5.56 Å². The number of nitrogens with one attached hydrogen (secondary N) is 1. The van der Waals surface area contributed by atoms with Crippen molar-refractivity contribution in [2.45, 2.75) is 6.92 Å². The molecule has 0 unspecified atom stereocenters. The summed E-state index contributed by atoms with van der Waals surface area (Å²) in [5, 5.41) is 6.35. The summed E-state index contributed by atoms with van der Waals surface area (Å²) in [5.74, 6) is 1.12. The summed E-state index contributed by atoms with van der Waals surface area (Å²) in [6.07, 6.45) is 0. The first-order valence-corrected chi connectivity index (χ1v) is 2.60. The first-order chi connectivity index (χ1) is 4.25. The highest BCUT2D eigenvalue weighted by molar-refractivity contribution is 5.43. The van der Waals surface area contributed by atoms with E-state index in [4.69, 9.17) is 10.5 Å². The number of aromatic amines is 1. The molecule has 0 amide bonds. The van der Waals surface area contributed by atoms with Crippen LogP contribution < -0.4 is 10.5 Å². The van der Waals surface area contributed by atoms with Crippen molar-refractivity contribution in [3.05, 3.63) is 5.56 Å². The summed E-state index contributed by atoms with van der Waals surface area (Å²) in [5.41, 5.74) is 6.28. The predicted octanol–water partition coefficient (Wildman–Crippen LogP) is 0.309. The molecule has 1 heterocycles. The van der Waals surface area contributed by atoms with Crippen LogP contribution in [0.2, 0.25) is 0 Å². The Bertz CT molecular complexity index is 206. The lowest BCUT2D eigenvalue weighted by Crippen LogP contribution is -1.87. The lowest BCUT2D eigenvalue weighted by Gasteiger charge is -1.91. The smallest absolute Gasteiger partial charge is 0.237 e. The van der Waals surface area contributed by atoms with Gasteiger partial charge in [0.05, 0.1) is 12.7 Å². The maximum Gasteiger partial charge on any atom is 0.237 e. The van der Waals surface area contributed by atoms with E-state index in [2.05, 4.69) is 10.2 Å². The van der Waals surface area contributed by atoms with Crippen LogP contribution in [-0.4, -0.2) is 17.3 Å². The highest BCUT2D eigenvalue weighted by atomic mass is 16.5. The molecule has 0 aliphatic carbocycles. The van der Waals surface area contributed by atoms with Crippen molar-refractivity contribution < 1.29 is 4.74 Å². The van der Waals surface area contributed by atoms with Gasteiger partial charge in [-0.15, -0.1) is 5.10 Å². The topological polar surface area (TPSA) is 63.9 Å². The molecular formula is C5H9N3O. The molecule has 0 saturated heterocycles. The number of anilines is 1. The number of ether oxygens (including phenoxy) is 1. The monoisotopic (exact) mass is 127 g/mol. The van der Waals surface area contributed by atoms with Crippen LogP contribution in [0.4, 0.5) is 5.82 Å². The van der Waals surface area contributed by atoms with Crippen LogP contribution in [0.5, 0.6) is 5.88 Å². The van der Waals surface area contributed by atoms with E-state index in [-0.39, 0.29) is 0 Å². The third-order valence-corrected chi connectivity index (χ3v) is 1.20. The second-order valence-corrected chi connectivity index (χ2v) is 1.77. The zero-order valence-electron chi connectivity index (χ0n) is 5.43. The summed E-state index contributed by atoms with van der Waals surface area (Å²) >= 11 is 0. The van der Waals surface area contributed by atoms with E-state index in [1.807, 2.05) is 6.92 Å². The van der Waals surface area contributed by atoms with Crippen LogP contribution in [0, 0.1) is 6.92 Å². The van der Waals surface area contributed by atoms with E-state index in [1.54, 1.807) is 7.11 Å². The zero-order valence-corrected chi connectivity index (χ0v) is 5.43. The minimum Gasteiger partial charge on any atom is -0.480 e. The first-order valence-electron chi connectivity index (χ1n) is 2.60. The Morgan fingerprint density at radius 3 is 2.56 bits per heavy atom. The molecule has 3 N–H and O–H groups in total. The van der Waals surface area contributed by atoms with Gasteiger partial charge in [0.25, 0.3) is 0 Å². The van der Waals surface area contributed by atoms with Gasteiger partial charge in [0, 0.05) is 0 Å². The maximum atomic E-state index is 5.42. The molecule has 4 nitrogen and oxygen atoms in total. The number of methoxy groups -OCH3 is 1. The third kappa shape index (κ3) is 0.826. The van der Waals surface area contributed by atoms with Crippen molar-refractivity contribution in [1.29, 1.82) is 0 Å². The molecule has 0 radical (unpaired) electrons. The van der Waals surface area contributed by atoms with Gasteiger partial charge in [-0.1, -0.05) is 0 Å². The summed E-state index contributed by atoms with van der Waals surface area (Å²) in [6.45, 7) is 1.84. The molecule has 0 fully saturated rings. The molecule has 1 aromatic heterocycles. The standard InChI is InChI=1S/C5H9N3O/c1-3-4(6)7-8-5(3)9-2/h1-2H3,(H3,6,7,8). The molecule has 9 heavy (non-hydrogen) atoms. The van der Waals surface area contributed by atoms with E-state index in [9.17, 15) is 0 Å². The summed E-state index contributed by atoms with van der Waals surface area (Å²) in [6, 6.07) is 0. The van der Waals surface area contributed by atoms with Gasteiger partial charge >= 0.3 is 0 Å². The highest BCUT2D eigenvalue weighted by Crippen LogP contribution is 2.17. The Morgan fingerprint density at radius 1 is 1.67 bits per heavy atom. The highest BCUT2D eigenvalue weighted by Gasteiger charge is 2.03. The minimum atomic E-state index is 0.562. The Kier molecular flexibility index (Phi) is 1.30. The number of nitrogen functional groups attached to an aromatic ring is 1. The third-order valence-electron chi connectivity index (χ3n) is 1.20. The quantitative estimate of drug-likeness (QED) is 0.570. The van der Waals surface area contributed by atoms with E-state index in [0.29, 0.717) is 11.7 Å². The largest absolute Gasteiger partial charge is 0.480 e. The van der Waals surface area contributed by atoms with Crippen molar-refractivity contribution in [3.8, 4) is 5.88 Å². The molecule has 4 heteroatoms. The second-order valence-electron chi connectivity index (χ2n) is 1.77. The number of rotatable bonds is 1. The number of nitrogens with zero attached hydrogens (tertiary/aromatic N) is 1. The first kappa shape index (κ1) is 5.94. The van der Waals surface area contributed by atoms with Gasteiger partial charge in [0.15, 0.2) is 0 Å². The van der Waals surface area contributed by atoms with Crippen molar-refractivity contribution in [3.63, 3.8) is 0 Å². The average Bonchev–Trinajstić information content (AvgIpc) is 2.15. The van der Waals surface area contributed by atoms with Gasteiger partial charge in [0.2, 0.25) is 5.88 Å². The van der Waals surface area contributed by atoms with Gasteiger partial charge < -0.3 is 10.5 Å². The summed E-state index contributed by atoms with van der Waals surface area (Å²) in [7, 11) is 1.56. The van der Waals surface area contributed by atoms with E-state index < -0.39 is 0 Å². The molecule has 0 spiro atoms. The molecule has 50 valence electrons. The maximum absolute atomic E-state index is 5.42. The Balaban J connectivity index is 3.04.